The summed E-state index contributed by atoms with van der Waals surface area (Å²) >= 11 is 3.31. The van der Waals surface area contributed by atoms with Crippen LogP contribution in [0.5, 0.6) is 0 Å². The Morgan fingerprint density at radius 3 is 2.48 bits per heavy atom. The molecule has 1 amide bonds. The van der Waals surface area contributed by atoms with Crippen molar-refractivity contribution in [1.82, 2.24) is 4.98 Å². The lowest BCUT2D eigenvalue weighted by atomic mass is 10.1. The molecule has 0 fully saturated rings. The Morgan fingerprint density at radius 1 is 1.19 bits per heavy atom. The molecule has 0 aliphatic rings. The van der Waals surface area contributed by atoms with Gasteiger partial charge in [0.05, 0.1) is 12.7 Å². The maximum atomic E-state index is 12.1. The molecule has 0 unspecified atom stereocenters. The first kappa shape index (κ1) is 15.2. The largest absolute Gasteiger partial charge is 0.465 e. The summed E-state index contributed by atoms with van der Waals surface area (Å²) in [6, 6.07) is 6.65. The third kappa shape index (κ3) is 3.28. The lowest BCUT2D eigenvalue weighted by Gasteiger charge is -2.13. The Labute approximate surface area is 130 Å². The fraction of sp³-hybridized carbons (Fsp3) is 0.133. The number of benzene rings is 1. The van der Waals surface area contributed by atoms with Crippen LogP contribution in [0.25, 0.3) is 0 Å². The molecule has 0 atom stereocenters. The highest BCUT2D eigenvalue weighted by molar-refractivity contribution is 9.10. The second-order valence-electron chi connectivity index (χ2n) is 4.28. The van der Waals surface area contributed by atoms with Crippen LogP contribution < -0.4 is 5.32 Å². The number of anilines is 1. The topological polar surface area (TPSA) is 68.3 Å². The van der Waals surface area contributed by atoms with Gasteiger partial charge in [-0.15, -0.1) is 0 Å². The van der Waals surface area contributed by atoms with Crippen molar-refractivity contribution in [3.05, 3.63) is 57.8 Å². The van der Waals surface area contributed by atoms with Crippen molar-refractivity contribution in [3.8, 4) is 0 Å². The Balaban J connectivity index is 2.33. The van der Waals surface area contributed by atoms with E-state index in [1.807, 2.05) is 0 Å². The number of pyridine rings is 1. The molecule has 1 heterocycles. The minimum Gasteiger partial charge on any atom is -0.465 e. The Morgan fingerprint density at radius 2 is 1.86 bits per heavy atom. The molecular weight excluding hydrogens is 336 g/mol. The number of aromatic nitrogens is 1. The maximum absolute atomic E-state index is 12.1. The molecule has 0 spiro atoms. The van der Waals surface area contributed by atoms with E-state index >= 15 is 0 Å². The van der Waals surface area contributed by atoms with Crippen LogP contribution in [0, 0.1) is 6.92 Å². The first-order valence-electron chi connectivity index (χ1n) is 6.13. The van der Waals surface area contributed by atoms with Crippen molar-refractivity contribution in [1.29, 1.82) is 0 Å². The normalized spacial score (nSPS) is 10.0. The smallest absolute Gasteiger partial charge is 0.339 e. The third-order valence-electron chi connectivity index (χ3n) is 2.99. The van der Waals surface area contributed by atoms with Crippen LogP contribution in [0.3, 0.4) is 0 Å². The average molecular weight is 349 g/mol. The van der Waals surface area contributed by atoms with Crippen LogP contribution in [-0.4, -0.2) is 24.0 Å². The number of ether oxygens (including phenoxy) is 1. The number of carbonyl (C=O) groups is 2. The highest BCUT2D eigenvalue weighted by atomic mass is 79.9. The van der Waals surface area contributed by atoms with Crippen molar-refractivity contribution >= 4 is 33.5 Å². The summed E-state index contributed by atoms with van der Waals surface area (Å²) in [5, 5.41) is 2.78. The van der Waals surface area contributed by atoms with E-state index in [4.69, 9.17) is 4.74 Å². The molecule has 5 nitrogen and oxygen atoms in total. The number of carbonyl (C=O) groups excluding carboxylic acids is 2. The number of hydrogen-bond acceptors (Lipinski definition) is 4. The molecule has 0 radical (unpaired) electrons. The number of nitrogens with zero attached hydrogens (tertiary/aromatic N) is 1. The quantitative estimate of drug-likeness (QED) is 0.865. The van der Waals surface area contributed by atoms with Gasteiger partial charge < -0.3 is 10.1 Å². The van der Waals surface area contributed by atoms with Crippen LogP contribution in [-0.2, 0) is 4.74 Å². The van der Waals surface area contributed by atoms with E-state index in [0.29, 0.717) is 26.9 Å². The van der Waals surface area contributed by atoms with Gasteiger partial charge in [-0.05, 0) is 52.7 Å². The average Bonchev–Trinajstić information content (AvgIpc) is 2.50. The first-order valence-corrected chi connectivity index (χ1v) is 6.92. The molecule has 0 bridgehead atoms. The van der Waals surface area contributed by atoms with E-state index in [2.05, 4.69) is 26.2 Å². The molecule has 0 saturated heterocycles. The molecule has 21 heavy (non-hydrogen) atoms. The summed E-state index contributed by atoms with van der Waals surface area (Å²) in [5.41, 5.74) is 2.08. The van der Waals surface area contributed by atoms with E-state index in [1.165, 1.54) is 7.11 Å². The lowest BCUT2D eigenvalue weighted by molar-refractivity contribution is 0.0598. The molecule has 0 saturated carbocycles. The van der Waals surface area contributed by atoms with Crippen molar-refractivity contribution in [2.75, 3.05) is 12.4 Å². The summed E-state index contributed by atoms with van der Waals surface area (Å²) in [5.74, 6) is -0.724. The second-order valence-corrected chi connectivity index (χ2v) is 5.13. The van der Waals surface area contributed by atoms with Crippen LogP contribution >= 0.6 is 15.9 Å². The highest BCUT2D eigenvalue weighted by Gasteiger charge is 2.17. The molecule has 1 aromatic carbocycles. The van der Waals surface area contributed by atoms with Gasteiger partial charge in [0.2, 0.25) is 0 Å². The molecular formula is C15H13BrN2O3. The van der Waals surface area contributed by atoms with Crippen molar-refractivity contribution in [3.63, 3.8) is 0 Å². The zero-order valence-corrected chi connectivity index (χ0v) is 13.1. The van der Waals surface area contributed by atoms with Gasteiger partial charge in [0.25, 0.3) is 5.91 Å². The van der Waals surface area contributed by atoms with Crippen LogP contribution in [0.1, 0.15) is 26.3 Å². The molecule has 2 aromatic rings. The molecule has 1 aromatic heterocycles. The van der Waals surface area contributed by atoms with E-state index < -0.39 is 5.97 Å². The Kier molecular flexibility index (Phi) is 4.70. The minimum absolute atomic E-state index is 0.265. The number of halogens is 1. The minimum atomic E-state index is -0.459. The van der Waals surface area contributed by atoms with Gasteiger partial charge in [0, 0.05) is 28.1 Å². The number of esters is 1. The molecule has 108 valence electrons. The lowest BCUT2D eigenvalue weighted by Crippen LogP contribution is -2.14. The third-order valence-corrected chi connectivity index (χ3v) is 3.66. The number of hydrogen-bond donors (Lipinski definition) is 1. The first-order chi connectivity index (χ1) is 10.0. The predicted molar refractivity (Wildman–Crippen MR) is 82.4 cm³/mol. The summed E-state index contributed by atoms with van der Waals surface area (Å²) in [7, 11) is 1.32. The molecule has 6 heteroatoms. The van der Waals surface area contributed by atoms with E-state index in [0.717, 1.165) is 0 Å². The van der Waals surface area contributed by atoms with Gasteiger partial charge in [-0.25, -0.2) is 4.79 Å². The Bertz CT molecular complexity index is 687. The monoisotopic (exact) mass is 348 g/mol. The van der Waals surface area contributed by atoms with Crippen molar-refractivity contribution in [2.24, 2.45) is 0 Å². The van der Waals surface area contributed by atoms with E-state index in [-0.39, 0.29) is 5.91 Å². The summed E-state index contributed by atoms with van der Waals surface area (Å²) in [4.78, 5) is 27.8. The summed E-state index contributed by atoms with van der Waals surface area (Å²) in [6.45, 7) is 1.75. The fourth-order valence-corrected chi connectivity index (χ4v) is 2.46. The fourth-order valence-electron chi connectivity index (χ4n) is 1.86. The van der Waals surface area contributed by atoms with Crippen LogP contribution in [0.15, 0.2) is 41.1 Å². The van der Waals surface area contributed by atoms with Crippen LogP contribution in [0.2, 0.25) is 0 Å². The number of rotatable bonds is 3. The summed E-state index contributed by atoms with van der Waals surface area (Å²) < 4.78 is 5.37. The van der Waals surface area contributed by atoms with Gasteiger partial charge in [-0.2, -0.15) is 0 Å². The van der Waals surface area contributed by atoms with E-state index in [1.54, 1.807) is 43.6 Å². The highest BCUT2D eigenvalue weighted by Crippen LogP contribution is 2.27. The molecule has 2 rings (SSSR count). The standard InChI is InChI=1S/C15H13BrN2O3/c1-9-12(4-3-11(16)13(9)15(20)21-2)18-14(19)10-5-7-17-8-6-10/h3-8H,1-2H3,(H,18,19). The zero-order chi connectivity index (χ0) is 15.4. The predicted octanol–water partition coefficient (Wildman–Crippen LogP) is 3.19. The number of methoxy groups -OCH3 is 1. The van der Waals surface area contributed by atoms with Crippen LogP contribution in [0.4, 0.5) is 5.69 Å². The van der Waals surface area contributed by atoms with Crippen molar-refractivity contribution in [2.45, 2.75) is 6.92 Å². The number of amides is 1. The van der Waals surface area contributed by atoms with Gasteiger partial charge >= 0.3 is 5.97 Å². The van der Waals surface area contributed by atoms with Gasteiger partial charge in [0.15, 0.2) is 0 Å². The molecule has 0 aliphatic carbocycles. The number of nitrogens with one attached hydrogen (secondary N) is 1. The SMILES string of the molecule is COC(=O)c1c(Br)ccc(NC(=O)c2ccncc2)c1C. The van der Waals surface area contributed by atoms with E-state index in [9.17, 15) is 9.59 Å². The van der Waals surface area contributed by atoms with Gasteiger partial charge in [-0.3, -0.25) is 9.78 Å². The molecule has 1 N–H and O–H groups in total. The van der Waals surface area contributed by atoms with Crippen molar-refractivity contribution < 1.29 is 14.3 Å². The molecule has 0 aliphatic heterocycles. The zero-order valence-electron chi connectivity index (χ0n) is 11.5. The second kappa shape index (κ2) is 6.49. The Hall–Kier alpha value is -2.21. The van der Waals surface area contributed by atoms with Gasteiger partial charge in [-0.1, -0.05) is 0 Å². The maximum Gasteiger partial charge on any atom is 0.339 e. The summed E-state index contributed by atoms with van der Waals surface area (Å²) in [6.07, 6.45) is 3.09. The van der Waals surface area contributed by atoms with Gasteiger partial charge in [0.1, 0.15) is 0 Å².